The van der Waals surface area contributed by atoms with Crippen molar-refractivity contribution in [2.45, 2.75) is 38.8 Å². The van der Waals surface area contributed by atoms with Crippen LogP contribution in [-0.2, 0) is 51.1 Å². The van der Waals surface area contributed by atoms with Crippen LogP contribution in [-0.4, -0.2) is 107 Å². The highest BCUT2D eigenvalue weighted by Crippen LogP contribution is 2.20. The quantitative estimate of drug-likeness (QED) is 0.263. The van der Waals surface area contributed by atoms with Crippen LogP contribution in [0.4, 0.5) is 0 Å². The molecule has 14 heteroatoms. The lowest BCUT2D eigenvalue weighted by atomic mass is 10.1. The highest BCUT2D eigenvalue weighted by molar-refractivity contribution is 6.31. The van der Waals surface area contributed by atoms with Gasteiger partial charge in [-0.1, -0.05) is 59.6 Å². The number of ether oxygens (including phenoxy) is 2. The number of halogens is 2. The molecule has 0 bridgehead atoms. The van der Waals surface area contributed by atoms with Gasteiger partial charge in [0.2, 0.25) is 23.6 Å². The van der Waals surface area contributed by atoms with Gasteiger partial charge in [0.25, 0.3) is 0 Å². The van der Waals surface area contributed by atoms with Gasteiger partial charge in [-0.05, 0) is 37.1 Å². The number of nitrogens with zero attached hydrogens (tertiary/aromatic N) is 4. The molecule has 2 aliphatic heterocycles. The van der Waals surface area contributed by atoms with Gasteiger partial charge >= 0.3 is 11.9 Å². The van der Waals surface area contributed by atoms with E-state index in [1.54, 1.807) is 72.2 Å². The summed E-state index contributed by atoms with van der Waals surface area (Å²) in [5.41, 5.74) is 1.13. The smallest absolute Gasteiger partial charge is 0.312 e. The van der Waals surface area contributed by atoms with E-state index in [9.17, 15) is 28.8 Å². The average molecular weight is 648 g/mol. The second kappa shape index (κ2) is 14.8. The molecule has 2 fully saturated rings. The Labute approximate surface area is 264 Å². The first-order valence-corrected chi connectivity index (χ1v) is 14.6. The Hall–Kier alpha value is -3.84. The molecule has 4 amide bonds. The van der Waals surface area contributed by atoms with Gasteiger partial charge in [-0.25, -0.2) is 9.80 Å². The largest absolute Gasteiger partial charge is 0.443 e. The zero-order valence-corrected chi connectivity index (χ0v) is 25.8. The van der Waals surface area contributed by atoms with E-state index in [4.69, 9.17) is 32.7 Å². The molecule has 0 spiro atoms. The summed E-state index contributed by atoms with van der Waals surface area (Å²) in [6, 6.07) is 12.8. The van der Waals surface area contributed by atoms with Crippen molar-refractivity contribution in [2.75, 3.05) is 39.6 Å². The lowest BCUT2D eigenvalue weighted by Gasteiger charge is -2.43. The van der Waals surface area contributed by atoms with Crippen molar-refractivity contribution >= 4 is 58.8 Å². The monoisotopic (exact) mass is 646 g/mol. The molecule has 2 heterocycles. The number of amides is 4. The molecule has 2 aliphatic rings. The fourth-order valence-electron chi connectivity index (χ4n) is 4.87. The lowest BCUT2D eigenvalue weighted by molar-refractivity contribution is -0.168. The molecular formula is C30H32Cl2N4O8. The van der Waals surface area contributed by atoms with Crippen LogP contribution in [0.3, 0.4) is 0 Å². The van der Waals surface area contributed by atoms with Gasteiger partial charge in [-0.15, -0.1) is 0 Å². The van der Waals surface area contributed by atoms with Crippen LogP contribution in [0.25, 0.3) is 0 Å². The number of benzene rings is 2. The molecule has 12 nitrogen and oxygen atoms in total. The van der Waals surface area contributed by atoms with E-state index in [1.807, 2.05) is 0 Å². The van der Waals surface area contributed by atoms with Gasteiger partial charge in [-0.2, -0.15) is 0 Å². The maximum absolute atomic E-state index is 12.8. The van der Waals surface area contributed by atoms with Crippen molar-refractivity contribution in [3.63, 3.8) is 0 Å². The summed E-state index contributed by atoms with van der Waals surface area (Å²) >= 11 is 12.1. The highest BCUT2D eigenvalue weighted by atomic mass is 35.5. The van der Waals surface area contributed by atoms with Crippen LogP contribution in [0.15, 0.2) is 48.5 Å². The van der Waals surface area contributed by atoms with Crippen molar-refractivity contribution in [1.29, 1.82) is 0 Å². The molecule has 2 aromatic rings. The van der Waals surface area contributed by atoms with Crippen LogP contribution in [0.5, 0.6) is 0 Å². The predicted octanol–water partition coefficient (Wildman–Crippen LogP) is 1.90. The zero-order valence-electron chi connectivity index (χ0n) is 24.2. The van der Waals surface area contributed by atoms with E-state index in [1.165, 1.54) is 0 Å². The molecule has 2 aromatic carbocycles. The molecule has 44 heavy (non-hydrogen) atoms. The first-order valence-electron chi connectivity index (χ1n) is 13.9. The van der Waals surface area contributed by atoms with Gasteiger partial charge in [0, 0.05) is 22.1 Å². The van der Waals surface area contributed by atoms with E-state index in [0.29, 0.717) is 21.2 Å². The molecule has 0 N–H and O–H groups in total. The molecule has 0 saturated carbocycles. The minimum absolute atomic E-state index is 0.105. The van der Waals surface area contributed by atoms with Crippen LogP contribution in [0.2, 0.25) is 10.0 Å². The van der Waals surface area contributed by atoms with Gasteiger partial charge in [0.05, 0.1) is 39.0 Å². The van der Waals surface area contributed by atoms with Crippen LogP contribution < -0.4 is 0 Å². The normalized spacial score (nSPS) is 17.9. The minimum atomic E-state index is -0.632. The van der Waals surface area contributed by atoms with Gasteiger partial charge in [0.15, 0.2) is 13.5 Å². The molecule has 234 valence electrons. The standard InChI is InChI=1S/C30H32Cl2N4O8/c1-19(33-13-25(37)35(26(38)14-33)17-43-29(41)11-21-7-3-5-9-23(21)31)20(2)34-15-27(39)36(28(40)16-34)18-44-30(42)12-22-8-4-6-10-24(22)32/h3-10,19-20H,11-18H2,1-2H3/t19-,20+. The van der Waals surface area contributed by atoms with Crippen LogP contribution in [0.1, 0.15) is 25.0 Å². The third-order valence-electron chi connectivity index (χ3n) is 7.70. The predicted molar refractivity (Wildman–Crippen MR) is 158 cm³/mol. The van der Waals surface area contributed by atoms with Crippen LogP contribution >= 0.6 is 23.2 Å². The second-order valence-electron chi connectivity index (χ2n) is 10.5. The summed E-state index contributed by atoms with van der Waals surface area (Å²) in [5.74, 6) is -3.43. The van der Waals surface area contributed by atoms with Gasteiger partial charge in [0.1, 0.15) is 0 Å². The fraction of sp³-hybridized carbons (Fsp3) is 0.400. The maximum atomic E-state index is 12.8. The summed E-state index contributed by atoms with van der Waals surface area (Å²) in [5, 5.41) is 0.817. The second-order valence-corrected chi connectivity index (χ2v) is 11.4. The summed E-state index contributed by atoms with van der Waals surface area (Å²) < 4.78 is 10.3. The molecule has 4 rings (SSSR count). The third-order valence-corrected chi connectivity index (χ3v) is 8.44. The Balaban J connectivity index is 1.25. The Morgan fingerprint density at radius 1 is 0.636 bits per heavy atom. The summed E-state index contributed by atoms with van der Waals surface area (Å²) in [7, 11) is 0. The number of hydrogen-bond acceptors (Lipinski definition) is 10. The van der Waals surface area contributed by atoms with E-state index in [-0.39, 0.29) is 39.0 Å². The number of hydrogen-bond donors (Lipinski definition) is 0. The molecule has 0 aliphatic carbocycles. The van der Waals surface area contributed by atoms with Crippen molar-refractivity contribution in [3.8, 4) is 0 Å². The van der Waals surface area contributed by atoms with Gasteiger partial charge < -0.3 is 9.47 Å². The Morgan fingerprint density at radius 3 is 1.27 bits per heavy atom. The van der Waals surface area contributed by atoms with E-state index >= 15 is 0 Å². The number of piperazine rings is 2. The highest BCUT2D eigenvalue weighted by Gasteiger charge is 2.40. The van der Waals surface area contributed by atoms with Crippen molar-refractivity contribution < 1.29 is 38.2 Å². The molecule has 0 aromatic heterocycles. The van der Waals surface area contributed by atoms with Crippen LogP contribution in [0, 0.1) is 0 Å². The van der Waals surface area contributed by atoms with Crippen molar-refractivity contribution in [1.82, 2.24) is 19.6 Å². The van der Waals surface area contributed by atoms with Gasteiger partial charge in [-0.3, -0.25) is 38.6 Å². The SMILES string of the molecule is C[C@H]([C@H](C)N1CC(=O)N(COC(=O)Cc2ccccc2Cl)C(=O)C1)N1CC(=O)N(COC(=O)Cc2ccccc2Cl)C(=O)C1. The topological polar surface area (TPSA) is 134 Å². The van der Waals surface area contributed by atoms with E-state index < -0.39 is 61.1 Å². The summed E-state index contributed by atoms with van der Waals surface area (Å²) in [6.45, 7) is 2.08. The molecule has 2 saturated heterocycles. The number of imide groups is 2. The molecule has 2 atom stereocenters. The molecule has 0 unspecified atom stereocenters. The summed E-state index contributed by atoms with van der Waals surface area (Å²) in [4.78, 5) is 80.9. The number of carbonyl (C=O) groups is 6. The Morgan fingerprint density at radius 2 is 0.955 bits per heavy atom. The Bertz CT molecular complexity index is 1310. The lowest BCUT2D eigenvalue weighted by Crippen LogP contribution is -2.63. The van der Waals surface area contributed by atoms with Crippen molar-refractivity contribution in [3.05, 3.63) is 69.7 Å². The molecular weight excluding hydrogens is 615 g/mol. The number of rotatable bonds is 11. The van der Waals surface area contributed by atoms with Crippen molar-refractivity contribution in [2.24, 2.45) is 0 Å². The third kappa shape index (κ3) is 8.20. The molecule has 0 radical (unpaired) electrons. The average Bonchev–Trinajstić information content (AvgIpc) is 2.97. The number of esters is 2. The van der Waals surface area contributed by atoms with E-state index in [0.717, 1.165) is 9.80 Å². The van der Waals surface area contributed by atoms with E-state index in [2.05, 4.69) is 0 Å². The minimum Gasteiger partial charge on any atom is -0.443 e. The number of carbonyl (C=O) groups excluding carboxylic acids is 6. The first-order chi connectivity index (χ1) is 20.9. The maximum Gasteiger partial charge on any atom is 0.312 e. The fourth-order valence-corrected chi connectivity index (χ4v) is 5.28. The zero-order chi connectivity index (χ0) is 32.0. The summed E-state index contributed by atoms with van der Waals surface area (Å²) in [6.07, 6.45) is -0.210. The first kappa shape index (κ1) is 33.1. The Kier molecular flexibility index (Phi) is 11.1.